The molecule has 146 valence electrons. The molecule has 0 atom stereocenters. The van der Waals surface area contributed by atoms with Crippen LogP contribution in [0.4, 0.5) is 4.79 Å². The molecule has 2 aromatic rings. The van der Waals surface area contributed by atoms with Gasteiger partial charge < -0.3 is 14.7 Å². The number of benzene rings is 2. The molecule has 0 aliphatic carbocycles. The number of amides is 1. The van der Waals surface area contributed by atoms with Crippen LogP contribution in [-0.2, 0) is 6.42 Å². The van der Waals surface area contributed by atoms with Crippen molar-refractivity contribution in [2.24, 2.45) is 5.41 Å². The van der Waals surface area contributed by atoms with Gasteiger partial charge in [0.2, 0.25) is 0 Å². The summed E-state index contributed by atoms with van der Waals surface area (Å²) >= 11 is 6.34. The third-order valence-electron chi connectivity index (χ3n) is 4.27. The van der Waals surface area contributed by atoms with Gasteiger partial charge in [0.25, 0.3) is 0 Å². The Morgan fingerprint density at radius 3 is 2.37 bits per heavy atom. The van der Waals surface area contributed by atoms with E-state index in [0.29, 0.717) is 23.9 Å². The first kappa shape index (κ1) is 21.1. The number of rotatable bonds is 8. The van der Waals surface area contributed by atoms with E-state index in [1.165, 1.54) is 10.5 Å². The Hall–Kier alpha value is -2.20. The topological polar surface area (TPSA) is 49.8 Å². The normalized spacial score (nSPS) is 11.3. The van der Waals surface area contributed by atoms with E-state index < -0.39 is 6.09 Å². The molecular formula is C22H28ClNO3. The lowest BCUT2D eigenvalue weighted by Crippen LogP contribution is -2.35. The summed E-state index contributed by atoms with van der Waals surface area (Å²) in [5.41, 5.74) is 2.42. The lowest BCUT2D eigenvalue weighted by atomic mass is 9.92. The van der Waals surface area contributed by atoms with Gasteiger partial charge in [-0.1, -0.05) is 68.8 Å². The molecule has 1 amide bonds. The Morgan fingerprint density at radius 2 is 1.78 bits per heavy atom. The molecule has 1 N–H and O–H groups in total. The van der Waals surface area contributed by atoms with Gasteiger partial charge in [-0.15, -0.1) is 0 Å². The van der Waals surface area contributed by atoms with Gasteiger partial charge in [0.05, 0.1) is 11.6 Å². The largest absolute Gasteiger partial charge is 0.490 e. The average molecular weight is 390 g/mol. The fourth-order valence-corrected chi connectivity index (χ4v) is 2.90. The molecule has 0 aliphatic rings. The van der Waals surface area contributed by atoms with E-state index >= 15 is 0 Å². The molecule has 2 rings (SSSR count). The van der Waals surface area contributed by atoms with Crippen LogP contribution in [0, 0.1) is 5.41 Å². The highest BCUT2D eigenvalue weighted by molar-refractivity contribution is 6.32. The smallest absolute Gasteiger partial charge is 0.407 e. The zero-order valence-electron chi connectivity index (χ0n) is 16.2. The molecule has 0 heterocycles. The van der Waals surface area contributed by atoms with Crippen LogP contribution >= 0.6 is 11.6 Å². The first-order chi connectivity index (χ1) is 12.7. The first-order valence-corrected chi connectivity index (χ1v) is 9.55. The zero-order valence-corrected chi connectivity index (χ0v) is 17.0. The highest BCUT2D eigenvalue weighted by Crippen LogP contribution is 2.26. The maximum Gasteiger partial charge on any atom is 0.407 e. The van der Waals surface area contributed by atoms with Gasteiger partial charge in [0.15, 0.2) is 0 Å². The number of hydrogen-bond donors (Lipinski definition) is 1. The molecule has 0 bridgehead atoms. The van der Waals surface area contributed by atoms with Crippen molar-refractivity contribution in [2.75, 3.05) is 19.7 Å². The Kier molecular flexibility index (Phi) is 7.55. The van der Waals surface area contributed by atoms with Gasteiger partial charge >= 0.3 is 6.09 Å². The fourth-order valence-electron chi connectivity index (χ4n) is 2.64. The number of carboxylic acid groups (broad SMARTS) is 1. The van der Waals surface area contributed by atoms with Crippen molar-refractivity contribution >= 4 is 17.7 Å². The minimum atomic E-state index is -0.924. The molecule has 0 saturated heterocycles. The maximum absolute atomic E-state index is 11.4. The van der Waals surface area contributed by atoms with Crippen molar-refractivity contribution in [1.82, 2.24) is 4.90 Å². The van der Waals surface area contributed by atoms with Crippen LogP contribution < -0.4 is 4.74 Å². The van der Waals surface area contributed by atoms with Crippen LogP contribution in [0.1, 0.15) is 38.3 Å². The summed E-state index contributed by atoms with van der Waals surface area (Å²) in [6.45, 7) is 7.37. The summed E-state index contributed by atoms with van der Waals surface area (Å²) in [6, 6.07) is 15.9. The van der Waals surface area contributed by atoms with Gasteiger partial charge in [0, 0.05) is 6.54 Å². The van der Waals surface area contributed by atoms with Gasteiger partial charge in [-0.3, -0.25) is 0 Å². The van der Waals surface area contributed by atoms with E-state index in [1.807, 2.05) is 36.4 Å². The highest BCUT2D eigenvalue weighted by Gasteiger charge is 2.17. The third-order valence-corrected chi connectivity index (χ3v) is 4.56. The summed E-state index contributed by atoms with van der Waals surface area (Å²) in [5, 5.41) is 9.88. The van der Waals surface area contributed by atoms with Gasteiger partial charge in [-0.2, -0.15) is 0 Å². The lowest BCUT2D eigenvalue weighted by Gasteiger charge is -2.24. The molecule has 0 fully saturated rings. The van der Waals surface area contributed by atoms with E-state index in [9.17, 15) is 9.90 Å². The third kappa shape index (κ3) is 7.51. The molecule has 0 radical (unpaired) electrons. The van der Waals surface area contributed by atoms with Gasteiger partial charge in [-0.25, -0.2) is 4.79 Å². The summed E-state index contributed by atoms with van der Waals surface area (Å²) in [6.07, 6.45) is 0.682. The number of nitrogens with zero attached hydrogens (tertiary/aromatic N) is 1. The second kappa shape index (κ2) is 9.65. The second-order valence-corrected chi connectivity index (χ2v) is 8.26. The highest BCUT2D eigenvalue weighted by atomic mass is 35.5. The van der Waals surface area contributed by atoms with Crippen molar-refractivity contribution in [3.63, 3.8) is 0 Å². The molecule has 0 unspecified atom stereocenters. The molecule has 0 spiro atoms. The molecule has 0 aliphatic heterocycles. The minimum Gasteiger partial charge on any atom is -0.490 e. The predicted molar refractivity (Wildman–Crippen MR) is 110 cm³/mol. The average Bonchev–Trinajstić information content (AvgIpc) is 2.59. The number of halogens is 1. The fraction of sp³-hybridized carbons (Fsp3) is 0.409. The molecule has 4 nitrogen and oxygen atoms in total. The predicted octanol–water partition coefficient (Wildman–Crippen LogP) is 5.73. The van der Waals surface area contributed by atoms with Crippen LogP contribution in [-0.4, -0.2) is 35.8 Å². The summed E-state index contributed by atoms with van der Waals surface area (Å²) in [7, 11) is 0. The quantitative estimate of drug-likeness (QED) is 0.627. The van der Waals surface area contributed by atoms with E-state index in [4.69, 9.17) is 16.3 Å². The van der Waals surface area contributed by atoms with E-state index in [2.05, 4.69) is 32.9 Å². The Bertz CT molecular complexity index is 741. The van der Waals surface area contributed by atoms with Crippen molar-refractivity contribution in [2.45, 2.75) is 33.6 Å². The lowest BCUT2D eigenvalue weighted by molar-refractivity contribution is 0.128. The number of ether oxygens (including phenoxy) is 1. The van der Waals surface area contributed by atoms with E-state index in [0.717, 1.165) is 18.4 Å². The van der Waals surface area contributed by atoms with Crippen molar-refractivity contribution in [1.29, 1.82) is 0 Å². The van der Waals surface area contributed by atoms with Crippen molar-refractivity contribution in [3.05, 3.63) is 64.7 Å². The SMILES string of the molecule is CC(C)(C)CCN(CCOc1ccc(Cc2ccccc2)cc1Cl)C(=O)O. The monoisotopic (exact) mass is 389 g/mol. The van der Waals surface area contributed by atoms with Crippen LogP contribution in [0.5, 0.6) is 5.75 Å². The Labute approximate surface area is 166 Å². The van der Waals surface area contributed by atoms with Gasteiger partial charge in [0.1, 0.15) is 12.4 Å². The first-order valence-electron chi connectivity index (χ1n) is 9.17. The maximum atomic E-state index is 11.4. The van der Waals surface area contributed by atoms with Crippen LogP contribution in [0.15, 0.2) is 48.5 Å². The van der Waals surface area contributed by atoms with Crippen LogP contribution in [0.3, 0.4) is 0 Å². The van der Waals surface area contributed by atoms with E-state index in [-0.39, 0.29) is 12.0 Å². The molecule has 0 aromatic heterocycles. The molecule has 5 heteroatoms. The summed E-state index contributed by atoms with van der Waals surface area (Å²) < 4.78 is 5.72. The van der Waals surface area contributed by atoms with Crippen molar-refractivity contribution < 1.29 is 14.6 Å². The van der Waals surface area contributed by atoms with Gasteiger partial charge in [-0.05, 0) is 41.5 Å². The molecular weight excluding hydrogens is 362 g/mol. The Balaban J connectivity index is 1.88. The second-order valence-electron chi connectivity index (χ2n) is 7.86. The molecule has 2 aromatic carbocycles. The number of carbonyl (C=O) groups is 1. The summed E-state index contributed by atoms with van der Waals surface area (Å²) in [4.78, 5) is 12.8. The molecule has 27 heavy (non-hydrogen) atoms. The van der Waals surface area contributed by atoms with E-state index in [1.54, 1.807) is 0 Å². The summed E-state index contributed by atoms with van der Waals surface area (Å²) in [5.74, 6) is 0.578. The van der Waals surface area contributed by atoms with Crippen LogP contribution in [0.25, 0.3) is 0 Å². The standard InChI is InChI=1S/C22H28ClNO3/c1-22(2,3)11-12-24(21(25)26)13-14-27-20-10-9-18(16-19(20)23)15-17-7-5-4-6-8-17/h4-10,16H,11-15H2,1-3H3,(H,25,26). The molecule has 0 saturated carbocycles. The Morgan fingerprint density at radius 1 is 1.07 bits per heavy atom. The van der Waals surface area contributed by atoms with Crippen molar-refractivity contribution in [3.8, 4) is 5.75 Å². The minimum absolute atomic E-state index is 0.0897. The zero-order chi connectivity index (χ0) is 19.9. The van der Waals surface area contributed by atoms with Crippen LogP contribution in [0.2, 0.25) is 5.02 Å². The number of hydrogen-bond acceptors (Lipinski definition) is 2.